The van der Waals surface area contributed by atoms with E-state index >= 15 is 0 Å². The molecule has 0 aliphatic rings. The molecule has 0 spiro atoms. The summed E-state index contributed by atoms with van der Waals surface area (Å²) in [7, 11) is 2.90. The largest absolute Gasteiger partial charge is 0.493 e. The fourth-order valence-electron chi connectivity index (χ4n) is 1.39. The van der Waals surface area contributed by atoms with E-state index in [1.165, 1.54) is 26.4 Å². The number of nitrogens with one attached hydrogen (secondary N) is 1. The second-order valence-electron chi connectivity index (χ2n) is 3.21. The Kier molecular flexibility index (Phi) is 4.59. The molecule has 6 heteroatoms. The lowest BCUT2D eigenvalue weighted by Crippen LogP contribution is -2.10. The first-order chi connectivity index (χ1) is 8.13. The predicted octanol–water partition coefficient (Wildman–Crippen LogP) is 0.806. The number of ether oxygens (including phenoxy) is 2. The average Bonchev–Trinajstić information content (AvgIpc) is 2.34. The van der Waals surface area contributed by atoms with Gasteiger partial charge >= 0.3 is 5.97 Å². The number of carboxylic acid groups (broad SMARTS) is 1. The first-order valence-electron chi connectivity index (χ1n) is 4.98. The Hall–Kier alpha value is -1.95. The van der Waals surface area contributed by atoms with Crippen molar-refractivity contribution in [1.82, 2.24) is 0 Å². The average molecular weight is 241 g/mol. The van der Waals surface area contributed by atoms with Gasteiger partial charge in [-0.05, 0) is 0 Å². The predicted molar refractivity (Wildman–Crippen MR) is 62.1 cm³/mol. The van der Waals surface area contributed by atoms with Crippen LogP contribution in [0.15, 0.2) is 12.1 Å². The SMILES string of the molecule is COc1cc(NCCO)c(C(=O)O)cc1OC. The molecule has 1 aromatic rings. The molecule has 0 bridgehead atoms. The molecule has 0 saturated heterocycles. The monoisotopic (exact) mass is 241 g/mol. The van der Waals surface area contributed by atoms with E-state index in [0.29, 0.717) is 17.2 Å². The highest BCUT2D eigenvalue weighted by atomic mass is 16.5. The third-order valence-electron chi connectivity index (χ3n) is 2.18. The molecule has 0 aliphatic heterocycles. The molecular formula is C11H15NO5. The van der Waals surface area contributed by atoms with Gasteiger partial charge in [0.05, 0.1) is 32.1 Å². The Labute approximate surface area is 98.8 Å². The van der Waals surface area contributed by atoms with Crippen molar-refractivity contribution in [3.63, 3.8) is 0 Å². The summed E-state index contributed by atoms with van der Waals surface area (Å²) >= 11 is 0. The number of anilines is 1. The summed E-state index contributed by atoms with van der Waals surface area (Å²) in [5.41, 5.74) is 0.445. The van der Waals surface area contributed by atoms with Gasteiger partial charge in [-0.2, -0.15) is 0 Å². The molecule has 3 N–H and O–H groups in total. The van der Waals surface area contributed by atoms with Crippen molar-refractivity contribution < 1.29 is 24.5 Å². The van der Waals surface area contributed by atoms with Gasteiger partial charge in [0, 0.05) is 18.7 Å². The van der Waals surface area contributed by atoms with Crippen LogP contribution in [0.2, 0.25) is 0 Å². The smallest absolute Gasteiger partial charge is 0.337 e. The number of hydrogen-bond donors (Lipinski definition) is 3. The number of carboxylic acids is 1. The normalized spacial score (nSPS) is 9.82. The highest BCUT2D eigenvalue weighted by Crippen LogP contribution is 2.33. The molecule has 1 aromatic carbocycles. The molecule has 0 unspecified atom stereocenters. The van der Waals surface area contributed by atoms with Crippen LogP contribution in [0.4, 0.5) is 5.69 Å². The second kappa shape index (κ2) is 5.95. The summed E-state index contributed by atoms with van der Waals surface area (Å²) in [6.45, 7) is 0.170. The highest BCUT2D eigenvalue weighted by Gasteiger charge is 2.15. The van der Waals surface area contributed by atoms with Gasteiger partial charge in [-0.3, -0.25) is 0 Å². The van der Waals surface area contributed by atoms with E-state index < -0.39 is 5.97 Å². The topological polar surface area (TPSA) is 88.0 Å². The molecule has 0 atom stereocenters. The van der Waals surface area contributed by atoms with E-state index in [9.17, 15) is 4.79 Å². The van der Waals surface area contributed by atoms with Crippen LogP contribution < -0.4 is 14.8 Å². The summed E-state index contributed by atoms with van der Waals surface area (Å²) in [6, 6.07) is 2.90. The van der Waals surface area contributed by atoms with Crippen LogP contribution >= 0.6 is 0 Å². The molecule has 1 rings (SSSR count). The van der Waals surface area contributed by atoms with Gasteiger partial charge in [-0.15, -0.1) is 0 Å². The Morgan fingerprint density at radius 1 is 1.29 bits per heavy atom. The second-order valence-corrected chi connectivity index (χ2v) is 3.21. The molecule has 0 amide bonds. The van der Waals surface area contributed by atoms with E-state index in [1.807, 2.05) is 0 Å². The van der Waals surface area contributed by atoms with E-state index in [0.717, 1.165) is 0 Å². The minimum atomic E-state index is -1.08. The van der Waals surface area contributed by atoms with Crippen molar-refractivity contribution in [1.29, 1.82) is 0 Å². The zero-order valence-electron chi connectivity index (χ0n) is 9.69. The lowest BCUT2D eigenvalue weighted by Gasteiger charge is -2.13. The zero-order chi connectivity index (χ0) is 12.8. The Bertz CT molecular complexity index is 405. The molecule has 0 heterocycles. The number of methoxy groups -OCH3 is 2. The van der Waals surface area contributed by atoms with Gasteiger partial charge < -0.3 is 25.0 Å². The van der Waals surface area contributed by atoms with Gasteiger partial charge in [0.1, 0.15) is 0 Å². The Morgan fingerprint density at radius 2 is 1.88 bits per heavy atom. The maximum absolute atomic E-state index is 11.1. The van der Waals surface area contributed by atoms with E-state index in [4.69, 9.17) is 19.7 Å². The van der Waals surface area contributed by atoms with Crippen LogP contribution in [0.25, 0.3) is 0 Å². The van der Waals surface area contributed by atoms with Crippen molar-refractivity contribution in [2.24, 2.45) is 0 Å². The number of aliphatic hydroxyl groups excluding tert-OH is 1. The lowest BCUT2D eigenvalue weighted by atomic mass is 10.1. The summed E-state index contributed by atoms with van der Waals surface area (Å²) in [5, 5.41) is 20.6. The van der Waals surface area contributed by atoms with Crippen LogP contribution in [-0.2, 0) is 0 Å². The maximum atomic E-state index is 11.1. The van der Waals surface area contributed by atoms with Crippen molar-refractivity contribution in [2.75, 3.05) is 32.7 Å². The number of benzene rings is 1. The van der Waals surface area contributed by atoms with Crippen LogP contribution in [0.1, 0.15) is 10.4 Å². The quantitative estimate of drug-likeness (QED) is 0.683. The molecule has 17 heavy (non-hydrogen) atoms. The summed E-state index contributed by atoms with van der Waals surface area (Å²) < 4.78 is 10.1. The maximum Gasteiger partial charge on any atom is 0.337 e. The Morgan fingerprint density at radius 3 is 2.35 bits per heavy atom. The molecular weight excluding hydrogens is 226 g/mol. The molecule has 6 nitrogen and oxygen atoms in total. The van der Waals surface area contributed by atoms with Gasteiger partial charge in [0.2, 0.25) is 0 Å². The molecule has 0 radical (unpaired) electrons. The fourth-order valence-corrected chi connectivity index (χ4v) is 1.39. The molecule has 0 aliphatic carbocycles. The van der Waals surface area contributed by atoms with Crippen LogP contribution in [-0.4, -0.2) is 43.6 Å². The summed E-state index contributed by atoms with van der Waals surface area (Å²) in [6.07, 6.45) is 0. The molecule has 0 aromatic heterocycles. The van der Waals surface area contributed by atoms with Crippen LogP contribution in [0.5, 0.6) is 11.5 Å². The minimum absolute atomic E-state index is 0.0658. The zero-order valence-corrected chi connectivity index (χ0v) is 9.69. The van der Waals surface area contributed by atoms with Crippen molar-refractivity contribution in [3.8, 4) is 11.5 Å². The summed E-state index contributed by atoms with van der Waals surface area (Å²) in [4.78, 5) is 11.1. The van der Waals surface area contributed by atoms with Crippen molar-refractivity contribution >= 4 is 11.7 Å². The first-order valence-corrected chi connectivity index (χ1v) is 4.98. The molecule has 0 fully saturated rings. The van der Waals surface area contributed by atoms with E-state index in [1.54, 1.807) is 0 Å². The third kappa shape index (κ3) is 3.01. The first kappa shape index (κ1) is 13.1. The number of aromatic carboxylic acids is 1. The van der Waals surface area contributed by atoms with E-state index in [2.05, 4.69) is 5.32 Å². The van der Waals surface area contributed by atoms with Crippen LogP contribution in [0.3, 0.4) is 0 Å². The number of hydrogen-bond acceptors (Lipinski definition) is 5. The van der Waals surface area contributed by atoms with Crippen molar-refractivity contribution in [3.05, 3.63) is 17.7 Å². The van der Waals surface area contributed by atoms with Gasteiger partial charge in [0.25, 0.3) is 0 Å². The number of carbonyl (C=O) groups is 1. The standard InChI is InChI=1S/C11H15NO5/c1-16-9-5-7(11(14)15)8(12-3-4-13)6-10(9)17-2/h5-6,12-13H,3-4H2,1-2H3,(H,14,15). The molecule has 94 valence electrons. The van der Waals surface area contributed by atoms with Gasteiger partial charge in [-0.25, -0.2) is 4.79 Å². The van der Waals surface area contributed by atoms with E-state index in [-0.39, 0.29) is 18.7 Å². The van der Waals surface area contributed by atoms with Crippen molar-refractivity contribution in [2.45, 2.75) is 0 Å². The molecule has 0 saturated carbocycles. The summed E-state index contributed by atoms with van der Waals surface area (Å²) in [5.74, 6) is -0.302. The van der Waals surface area contributed by atoms with Gasteiger partial charge in [-0.1, -0.05) is 0 Å². The minimum Gasteiger partial charge on any atom is -0.493 e. The Balaban J connectivity index is 3.19. The lowest BCUT2D eigenvalue weighted by molar-refractivity contribution is 0.0697. The number of rotatable bonds is 6. The van der Waals surface area contributed by atoms with Crippen LogP contribution in [0, 0.1) is 0 Å². The number of aliphatic hydroxyl groups is 1. The third-order valence-corrected chi connectivity index (χ3v) is 2.18. The fraction of sp³-hybridized carbons (Fsp3) is 0.364. The highest BCUT2D eigenvalue weighted by molar-refractivity contribution is 5.95. The van der Waals surface area contributed by atoms with Gasteiger partial charge in [0.15, 0.2) is 11.5 Å².